The topological polar surface area (TPSA) is 75.6 Å². The Kier molecular flexibility index (Phi) is 10.3. The third kappa shape index (κ3) is 8.42. The van der Waals surface area contributed by atoms with E-state index in [0.717, 1.165) is 23.1 Å². The third-order valence-electron chi connectivity index (χ3n) is 5.98. The predicted molar refractivity (Wildman–Crippen MR) is 146 cm³/mol. The van der Waals surface area contributed by atoms with Crippen LogP contribution in [0.2, 0.25) is 0 Å². The molecule has 3 rings (SSSR count). The van der Waals surface area contributed by atoms with Crippen LogP contribution in [-0.2, 0) is 16.0 Å². The zero-order valence-corrected chi connectivity index (χ0v) is 21.1. The molecule has 5 nitrogen and oxygen atoms in total. The number of carboxylic acids is 1. The second-order valence-corrected chi connectivity index (χ2v) is 8.89. The number of hydrogen-bond acceptors (Lipinski definition) is 3. The number of aliphatic carboxylic acids is 1. The summed E-state index contributed by atoms with van der Waals surface area (Å²) in [7, 11) is 0. The summed E-state index contributed by atoms with van der Waals surface area (Å²) in [5.41, 5.74) is 6.33. The van der Waals surface area contributed by atoms with E-state index in [1.165, 1.54) is 36.5 Å². The molecule has 2 N–H and O–H groups in total. The Morgan fingerprint density at radius 1 is 0.944 bits per heavy atom. The van der Waals surface area contributed by atoms with Gasteiger partial charge in [0.05, 0.1) is 12.3 Å². The van der Waals surface area contributed by atoms with Gasteiger partial charge in [0.2, 0.25) is 5.91 Å². The molecule has 0 heterocycles. The molecule has 3 aromatic carbocycles. The summed E-state index contributed by atoms with van der Waals surface area (Å²) in [6.45, 7) is 4.53. The molecule has 1 amide bonds. The maximum Gasteiger partial charge on any atom is 0.303 e. The summed E-state index contributed by atoms with van der Waals surface area (Å²) in [5.74, 6) is -0.607. The average molecular weight is 486 g/mol. The van der Waals surface area contributed by atoms with E-state index in [1.54, 1.807) is 12.1 Å². The molecule has 0 atom stereocenters. The first-order valence-corrected chi connectivity index (χ1v) is 12.6. The van der Waals surface area contributed by atoms with E-state index in [-0.39, 0.29) is 18.9 Å². The number of carboxylic acid groups (broad SMARTS) is 1. The number of unbranched alkanes of at least 4 members (excludes halogenated alkanes) is 2. The fourth-order valence-electron chi connectivity index (χ4n) is 3.93. The van der Waals surface area contributed by atoms with E-state index in [4.69, 9.17) is 9.84 Å². The molecule has 0 bridgehead atoms. The lowest BCUT2D eigenvalue weighted by Gasteiger charge is -2.11. The zero-order valence-electron chi connectivity index (χ0n) is 21.1. The Balaban J connectivity index is 1.59. The van der Waals surface area contributed by atoms with Crippen LogP contribution < -0.4 is 10.1 Å². The maximum absolute atomic E-state index is 12.6. The Morgan fingerprint density at radius 2 is 1.69 bits per heavy atom. The molecule has 0 radical (unpaired) electrons. The Morgan fingerprint density at radius 3 is 2.42 bits per heavy atom. The molecule has 0 aromatic heterocycles. The normalized spacial score (nSPS) is 10.9. The summed E-state index contributed by atoms with van der Waals surface area (Å²) in [4.78, 5) is 23.2. The molecule has 188 valence electrons. The number of rotatable bonds is 13. The van der Waals surface area contributed by atoms with E-state index < -0.39 is 5.97 Å². The second kappa shape index (κ2) is 13.9. The van der Waals surface area contributed by atoms with Gasteiger partial charge in [-0.05, 0) is 72.2 Å². The fraction of sp³-hybridized carbons (Fsp3) is 0.290. The molecule has 36 heavy (non-hydrogen) atoms. The summed E-state index contributed by atoms with van der Waals surface area (Å²) >= 11 is 0. The summed E-state index contributed by atoms with van der Waals surface area (Å²) in [6, 6.07) is 22.2. The lowest BCUT2D eigenvalue weighted by Crippen LogP contribution is -2.10. The molecule has 3 aromatic rings. The number of ether oxygens (including phenoxy) is 1. The Hall–Kier alpha value is -3.86. The first-order chi connectivity index (χ1) is 17.5. The molecule has 0 unspecified atom stereocenters. The van der Waals surface area contributed by atoms with Gasteiger partial charge >= 0.3 is 5.97 Å². The van der Waals surface area contributed by atoms with Crippen molar-refractivity contribution in [2.45, 2.75) is 52.4 Å². The number of nitrogens with one attached hydrogen (secondary N) is 1. The van der Waals surface area contributed by atoms with Gasteiger partial charge in [-0.2, -0.15) is 0 Å². The summed E-state index contributed by atoms with van der Waals surface area (Å²) < 4.78 is 5.66. The molecule has 0 fully saturated rings. The van der Waals surface area contributed by atoms with E-state index >= 15 is 0 Å². The molecule has 5 heteroatoms. The van der Waals surface area contributed by atoms with Crippen molar-refractivity contribution in [2.24, 2.45) is 0 Å². The number of anilines is 1. The van der Waals surface area contributed by atoms with E-state index in [0.29, 0.717) is 17.9 Å². The van der Waals surface area contributed by atoms with Crippen LogP contribution >= 0.6 is 0 Å². The van der Waals surface area contributed by atoms with Crippen molar-refractivity contribution in [1.82, 2.24) is 0 Å². The van der Waals surface area contributed by atoms with Gasteiger partial charge in [0, 0.05) is 12.5 Å². The van der Waals surface area contributed by atoms with Crippen molar-refractivity contribution >= 4 is 23.6 Å². The molecule has 0 spiro atoms. The van der Waals surface area contributed by atoms with Crippen molar-refractivity contribution in [1.29, 1.82) is 0 Å². The number of benzene rings is 3. The van der Waals surface area contributed by atoms with Crippen LogP contribution in [0.4, 0.5) is 5.69 Å². The maximum atomic E-state index is 12.6. The highest BCUT2D eigenvalue weighted by Crippen LogP contribution is 2.25. The molecule has 0 aliphatic heterocycles. The van der Waals surface area contributed by atoms with Gasteiger partial charge in [-0.3, -0.25) is 9.59 Å². The quantitative estimate of drug-likeness (QED) is 0.197. The highest BCUT2D eigenvalue weighted by Gasteiger charge is 2.07. The van der Waals surface area contributed by atoms with Gasteiger partial charge in [0.1, 0.15) is 5.75 Å². The number of amides is 1. The Labute approximate surface area is 213 Å². The number of aryl methyl sites for hydroxylation is 2. The average Bonchev–Trinajstić information content (AvgIpc) is 2.87. The first kappa shape index (κ1) is 26.7. The minimum absolute atomic E-state index is 0.0414. The number of hydrogen-bond donors (Lipinski definition) is 2. The van der Waals surface area contributed by atoms with Gasteiger partial charge in [-0.15, -0.1) is 0 Å². The van der Waals surface area contributed by atoms with Crippen molar-refractivity contribution in [2.75, 3.05) is 11.9 Å². The third-order valence-corrected chi connectivity index (χ3v) is 5.98. The van der Waals surface area contributed by atoms with Gasteiger partial charge in [-0.1, -0.05) is 74.4 Å². The second-order valence-electron chi connectivity index (χ2n) is 8.89. The molecule has 0 saturated carbocycles. The molecular formula is C31H35NO4. The van der Waals surface area contributed by atoms with Gasteiger partial charge in [0.15, 0.2) is 0 Å². The smallest absolute Gasteiger partial charge is 0.303 e. The molecular weight excluding hydrogens is 450 g/mol. The summed E-state index contributed by atoms with van der Waals surface area (Å²) in [6.07, 6.45) is 8.61. The minimum atomic E-state index is -0.857. The van der Waals surface area contributed by atoms with Crippen LogP contribution in [0.3, 0.4) is 0 Å². The van der Waals surface area contributed by atoms with Crippen LogP contribution in [0.5, 0.6) is 5.75 Å². The monoisotopic (exact) mass is 485 g/mol. The van der Waals surface area contributed by atoms with E-state index in [9.17, 15) is 9.59 Å². The van der Waals surface area contributed by atoms with Crippen LogP contribution in [0, 0.1) is 6.92 Å². The molecule has 0 aliphatic carbocycles. The van der Waals surface area contributed by atoms with Crippen LogP contribution in [-0.4, -0.2) is 23.6 Å². The predicted octanol–water partition coefficient (Wildman–Crippen LogP) is 7.29. The fourth-order valence-corrected chi connectivity index (χ4v) is 3.93. The highest BCUT2D eigenvalue weighted by molar-refractivity contribution is 6.02. The standard InChI is InChI=1S/C31H35NO4/c1-3-4-5-9-24-13-15-26(16-14-24)27-18-17-25(23(2)22-27)19-20-30(33)32-28-10-6-7-11-29(28)36-21-8-12-31(34)35/h6-7,10-11,13-20,22H,3-5,8-9,12,21H2,1-2H3,(H,32,33)(H,34,35). The van der Waals surface area contributed by atoms with Gasteiger partial charge in [0.25, 0.3) is 0 Å². The first-order valence-electron chi connectivity index (χ1n) is 12.6. The van der Waals surface area contributed by atoms with Crippen LogP contribution in [0.1, 0.15) is 55.7 Å². The van der Waals surface area contributed by atoms with Crippen LogP contribution in [0.15, 0.2) is 72.8 Å². The number of para-hydroxylation sites is 2. The SMILES string of the molecule is CCCCCc1ccc(-c2ccc(C=CC(=O)Nc3ccccc3OCCCC(=O)O)c(C)c2)cc1. The van der Waals surface area contributed by atoms with Crippen molar-refractivity contribution in [3.8, 4) is 16.9 Å². The molecule has 0 aliphatic rings. The minimum Gasteiger partial charge on any atom is -0.491 e. The highest BCUT2D eigenvalue weighted by atomic mass is 16.5. The van der Waals surface area contributed by atoms with Gasteiger partial charge < -0.3 is 15.2 Å². The van der Waals surface area contributed by atoms with Crippen molar-refractivity contribution in [3.05, 3.63) is 89.5 Å². The number of carbonyl (C=O) groups excluding carboxylic acids is 1. The van der Waals surface area contributed by atoms with E-state index in [2.05, 4.69) is 48.6 Å². The lowest BCUT2D eigenvalue weighted by molar-refractivity contribution is -0.137. The van der Waals surface area contributed by atoms with Crippen LogP contribution in [0.25, 0.3) is 17.2 Å². The molecule has 0 saturated heterocycles. The lowest BCUT2D eigenvalue weighted by atomic mass is 9.98. The van der Waals surface area contributed by atoms with Crippen molar-refractivity contribution in [3.63, 3.8) is 0 Å². The van der Waals surface area contributed by atoms with Crippen molar-refractivity contribution < 1.29 is 19.4 Å². The largest absolute Gasteiger partial charge is 0.491 e. The van der Waals surface area contributed by atoms with Gasteiger partial charge in [-0.25, -0.2) is 0 Å². The summed E-state index contributed by atoms with van der Waals surface area (Å²) in [5, 5.41) is 11.6. The number of carbonyl (C=O) groups is 2. The Bertz CT molecular complexity index is 1180. The van der Waals surface area contributed by atoms with E-state index in [1.807, 2.05) is 31.2 Å². The zero-order chi connectivity index (χ0) is 25.8.